The topological polar surface area (TPSA) is 127 Å². The van der Waals surface area contributed by atoms with Gasteiger partial charge in [-0.3, -0.25) is 19.6 Å². The lowest BCUT2D eigenvalue weighted by atomic mass is 9.83. The van der Waals surface area contributed by atoms with E-state index in [1.807, 2.05) is 20.8 Å². The Bertz CT molecular complexity index is 1120. The summed E-state index contributed by atoms with van der Waals surface area (Å²) < 4.78 is 27.3. The number of nitrogens with two attached hydrogens (primary N) is 2. The maximum absolute atomic E-state index is 13.6. The van der Waals surface area contributed by atoms with Crippen molar-refractivity contribution in [2.75, 3.05) is 0 Å². The van der Waals surface area contributed by atoms with Crippen LogP contribution in [0.3, 0.4) is 0 Å². The SMILES string of the molecule is CC(C)(C)N=C/C(=C(\N)C1CCC(F)(F)CC1)c1cc(=O)c2c(C(N)=O)nccc2[nH]1. The molecule has 1 aliphatic rings. The molecule has 0 saturated heterocycles. The lowest BCUT2D eigenvalue weighted by molar-refractivity contribution is -0.0421. The van der Waals surface area contributed by atoms with Gasteiger partial charge in [0.1, 0.15) is 5.69 Å². The molecule has 1 fully saturated rings. The number of rotatable bonds is 4. The summed E-state index contributed by atoms with van der Waals surface area (Å²) in [6, 6.07) is 2.87. The van der Waals surface area contributed by atoms with Crippen LogP contribution in [-0.2, 0) is 0 Å². The van der Waals surface area contributed by atoms with Crippen LogP contribution >= 0.6 is 0 Å². The molecule has 1 aliphatic carbocycles. The molecule has 0 atom stereocenters. The molecule has 0 bridgehead atoms. The number of H-pyrrole nitrogens is 1. The summed E-state index contributed by atoms with van der Waals surface area (Å²) in [6.45, 7) is 5.73. The summed E-state index contributed by atoms with van der Waals surface area (Å²) in [4.78, 5) is 36.0. The number of allylic oxidation sites excluding steroid dienone is 2. The van der Waals surface area contributed by atoms with Gasteiger partial charge in [0.05, 0.1) is 22.1 Å². The van der Waals surface area contributed by atoms with Crippen LogP contribution in [0.4, 0.5) is 8.78 Å². The van der Waals surface area contributed by atoms with Gasteiger partial charge in [-0.2, -0.15) is 0 Å². The van der Waals surface area contributed by atoms with Crippen molar-refractivity contribution in [3.8, 4) is 0 Å². The molecule has 0 aliphatic heterocycles. The van der Waals surface area contributed by atoms with Gasteiger partial charge in [-0.15, -0.1) is 0 Å². The molecular formula is C22H27F2N5O2. The predicted octanol–water partition coefficient (Wildman–Crippen LogP) is 3.39. The number of aromatic amines is 1. The summed E-state index contributed by atoms with van der Waals surface area (Å²) in [5.74, 6) is -3.73. The predicted molar refractivity (Wildman–Crippen MR) is 117 cm³/mol. The van der Waals surface area contributed by atoms with Gasteiger partial charge in [-0.25, -0.2) is 8.78 Å². The number of carbonyl (C=O) groups excluding carboxylic acids is 1. The van der Waals surface area contributed by atoms with Crippen molar-refractivity contribution in [3.05, 3.63) is 45.6 Å². The molecule has 0 unspecified atom stereocenters. The van der Waals surface area contributed by atoms with E-state index in [2.05, 4.69) is 15.0 Å². The molecule has 31 heavy (non-hydrogen) atoms. The minimum atomic E-state index is -2.67. The number of nitrogens with one attached hydrogen (secondary N) is 1. The third kappa shape index (κ3) is 5.15. The van der Waals surface area contributed by atoms with Gasteiger partial charge in [0, 0.05) is 42.6 Å². The second-order valence-electron chi connectivity index (χ2n) is 8.92. The van der Waals surface area contributed by atoms with E-state index < -0.39 is 22.8 Å². The summed E-state index contributed by atoms with van der Waals surface area (Å²) >= 11 is 0. The van der Waals surface area contributed by atoms with E-state index in [4.69, 9.17) is 11.5 Å². The Morgan fingerprint density at radius 3 is 2.52 bits per heavy atom. The fourth-order valence-corrected chi connectivity index (χ4v) is 3.66. The number of halogens is 2. The van der Waals surface area contributed by atoms with Crippen LogP contribution in [0.5, 0.6) is 0 Å². The van der Waals surface area contributed by atoms with Crippen molar-refractivity contribution >= 4 is 28.6 Å². The highest BCUT2D eigenvalue weighted by atomic mass is 19.3. The second-order valence-corrected chi connectivity index (χ2v) is 8.92. The minimum absolute atomic E-state index is 0.0849. The summed E-state index contributed by atoms with van der Waals surface area (Å²) in [7, 11) is 0. The maximum atomic E-state index is 13.6. The highest BCUT2D eigenvalue weighted by Crippen LogP contribution is 2.39. The van der Waals surface area contributed by atoms with Crippen molar-refractivity contribution < 1.29 is 13.6 Å². The number of hydrogen-bond acceptors (Lipinski definition) is 5. The molecule has 1 saturated carbocycles. The Morgan fingerprint density at radius 1 is 1.29 bits per heavy atom. The first kappa shape index (κ1) is 22.6. The molecule has 5 N–H and O–H groups in total. The smallest absolute Gasteiger partial charge is 0.268 e. The zero-order chi connectivity index (χ0) is 23.0. The molecule has 0 aromatic carbocycles. The fourth-order valence-electron chi connectivity index (χ4n) is 3.66. The Labute approximate surface area is 178 Å². The van der Waals surface area contributed by atoms with Gasteiger partial charge in [0.2, 0.25) is 5.92 Å². The van der Waals surface area contributed by atoms with Crippen LogP contribution in [0.2, 0.25) is 0 Å². The lowest BCUT2D eigenvalue weighted by Gasteiger charge is -2.29. The molecule has 9 heteroatoms. The third-order valence-electron chi connectivity index (χ3n) is 5.31. The van der Waals surface area contributed by atoms with Gasteiger partial charge in [-0.1, -0.05) is 0 Å². The van der Waals surface area contributed by atoms with Gasteiger partial charge in [0.15, 0.2) is 5.43 Å². The average molecular weight is 431 g/mol. The molecular weight excluding hydrogens is 404 g/mol. The molecule has 0 spiro atoms. The third-order valence-corrected chi connectivity index (χ3v) is 5.31. The molecule has 2 aromatic heterocycles. The van der Waals surface area contributed by atoms with Gasteiger partial charge in [-0.05, 0) is 45.6 Å². The maximum Gasteiger partial charge on any atom is 0.268 e. The van der Waals surface area contributed by atoms with Crippen molar-refractivity contribution in [3.63, 3.8) is 0 Å². The van der Waals surface area contributed by atoms with Crippen LogP contribution in [0.1, 0.15) is 62.6 Å². The zero-order valence-corrected chi connectivity index (χ0v) is 17.8. The summed E-state index contributed by atoms with van der Waals surface area (Å²) in [5, 5.41) is 0.0849. The number of primary amides is 1. The minimum Gasteiger partial charge on any atom is -0.401 e. The van der Waals surface area contributed by atoms with Crippen LogP contribution in [0.15, 0.2) is 33.8 Å². The molecule has 0 radical (unpaired) electrons. The number of aromatic nitrogens is 2. The zero-order valence-electron chi connectivity index (χ0n) is 17.8. The highest BCUT2D eigenvalue weighted by molar-refractivity contribution is 6.11. The van der Waals surface area contributed by atoms with E-state index >= 15 is 0 Å². The van der Waals surface area contributed by atoms with Crippen LogP contribution in [-0.4, -0.2) is 33.6 Å². The van der Waals surface area contributed by atoms with Crippen LogP contribution in [0, 0.1) is 5.92 Å². The molecule has 3 rings (SSSR count). The first-order chi connectivity index (χ1) is 14.4. The number of amides is 1. The van der Waals surface area contributed by atoms with Gasteiger partial charge >= 0.3 is 0 Å². The van der Waals surface area contributed by atoms with Gasteiger partial charge in [0.25, 0.3) is 5.91 Å². The Balaban J connectivity index is 2.16. The number of aliphatic imine (C=N–C) groups is 1. The number of fused-ring (bicyclic) bond motifs is 1. The molecule has 2 aromatic rings. The van der Waals surface area contributed by atoms with E-state index in [9.17, 15) is 18.4 Å². The van der Waals surface area contributed by atoms with E-state index in [0.29, 0.717) is 22.5 Å². The summed E-state index contributed by atoms with van der Waals surface area (Å²) in [6.07, 6.45) is 2.99. The quantitative estimate of drug-likeness (QED) is 0.641. The van der Waals surface area contributed by atoms with E-state index in [-0.39, 0.29) is 42.7 Å². The molecule has 166 valence electrons. The molecule has 7 nitrogen and oxygen atoms in total. The first-order valence-electron chi connectivity index (χ1n) is 10.1. The Kier molecular flexibility index (Phi) is 5.98. The lowest BCUT2D eigenvalue weighted by Crippen LogP contribution is -2.28. The van der Waals surface area contributed by atoms with Crippen LogP contribution in [0.25, 0.3) is 16.5 Å². The van der Waals surface area contributed by atoms with Crippen molar-refractivity contribution in [1.82, 2.24) is 9.97 Å². The van der Waals surface area contributed by atoms with Crippen molar-refractivity contribution in [2.45, 2.75) is 57.9 Å². The normalized spacial score (nSPS) is 18.4. The van der Waals surface area contributed by atoms with Gasteiger partial charge < -0.3 is 16.5 Å². The molecule has 1 amide bonds. The Hall–Kier alpha value is -3.10. The van der Waals surface area contributed by atoms with E-state index in [1.165, 1.54) is 12.3 Å². The first-order valence-corrected chi connectivity index (χ1v) is 10.1. The van der Waals surface area contributed by atoms with E-state index in [0.717, 1.165) is 0 Å². The van der Waals surface area contributed by atoms with E-state index in [1.54, 1.807) is 12.3 Å². The summed E-state index contributed by atoms with van der Waals surface area (Å²) in [5.41, 5.74) is 12.5. The standard InChI is InChI=1S/C22H27F2N5O2/c1-21(2,3)28-11-13(18(25)12-4-7-22(23,24)8-5-12)15-10-16(30)17-14(29-15)6-9-27-19(17)20(26)31/h6,9-12H,4-5,7-8,25H2,1-3H3,(H2,26,31)(H,29,30)/b18-13+,28-11?. The Morgan fingerprint density at radius 2 is 1.94 bits per heavy atom. The largest absolute Gasteiger partial charge is 0.401 e. The number of nitrogens with zero attached hydrogens (tertiary/aromatic N) is 2. The van der Waals surface area contributed by atoms with Crippen molar-refractivity contribution in [1.29, 1.82) is 0 Å². The van der Waals surface area contributed by atoms with Crippen LogP contribution < -0.4 is 16.9 Å². The number of alkyl halides is 2. The number of pyridine rings is 2. The average Bonchev–Trinajstić information content (AvgIpc) is 2.66. The monoisotopic (exact) mass is 431 g/mol. The fraction of sp³-hybridized carbons (Fsp3) is 0.455. The highest BCUT2D eigenvalue weighted by Gasteiger charge is 2.36. The van der Waals surface area contributed by atoms with Crippen molar-refractivity contribution in [2.24, 2.45) is 22.4 Å². The second kappa shape index (κ2) is 8.20. The number of carbonyl (C=O) groups is 1. The number of hydrogen-bond donors (Lipinski definition) is 3. The molecule has 2 heterocycles.